The number of hydrogen-bond donors (Lipinski definition) is 3. The molecule has 1 aliphatic rings. The molecule has 3 N–H and O–H groups in total. The number of aliphatic hydroxyl groups excluding tert-OH is 1. The summed E-state index contributed by atoms with van der Waals surface area (Å²) in [6, 6.07) is 0. The van der Waals surface area contributed by atoms with Crippen molar-refractivity contribution in [1.29, 1.82) is 0 Å². The molecule has 0 aliphatic heterocycles. The summed E-state index contributed by atoms with van der Waals surface area (Å²) in [5.74, 6) is 0.483. The maximum atomic E-state index is 11.8. The molecule has 20 heavy (non-hydrogen) atoms. The SMILES string of the molecule is CSCC[C@@H](O)C(=O)NCc1n[nH]c2c1CCCCC2. The van der Waals surface area contributed by atoms with Crippen molar-refractivity contribution in [3.05, 3.63) is 17.0 Å². The molecule has 112 valence electrons. The average Bonchev–Trinajstić information content (AvgIpc) is 2.69. The first-order valence-electron chi connectivity index (χ1n) is 7.22. The number of aromatic nitrogens is 2. The predicted molar refractivity (Wildman–Crippen MR) is 80.7 cm³/mol. The number of nitrogens with one attached hydrogen (secondary N) is 2. The number of thioether (sulfide) groups is 1. The Kier molecular flexibility index (Phi) is 5.91. The summed E-state index contributed by atoms with van der Waals surface area (Å²) in [6.07, 6.45) is 7.26. The smallest absolute Gasteiger partial charge is 0.249 e. The molecular weight excluding hydrogens is 274 g/mol. The second-order valence-electron chi connectivity index (χ2n) is 5.20. The number of hydrogen-bond acceptors (Lipinski definition) is 4. The first kappa shape index (κ1) is 15.4. The standard InChI is InChI=1S/C14H23N3O2S/c1-20-8-7-13(18)14(19)15-9-12-10-5-3-2-4-6-11(10)16-17-12/h13,18H,2-9H2,1H3,(H,15,19)(H,16,17)/t13-/m1/s1. The minimum absolute atomic E-state index is 0.301. The molecule has 0 saturated carbocycles. The van der Waals surface area contributed by atoms with E-state index in [2.05, 4.69) is 15.5 Å². The Morgan fingerprint density at radius 3 is 3.05 bits per heavy atom. The van der Waals surface area contributed by atoms with Gasteiger partial charge in [0, 0.05) is 5.69 Å². The number of carbonyl (C=O) groups excluding carboxylic acids is 1. The highest BCUT2D eigenvalue weighted by molar-refractivity contribution is 7.98. The van der Waals surface area contributed by atoms with E-state index in [1.54, 1.807) is 11.8 Å². The Labute approximate surface area is 123 Å². The summed E-state index contributed by atoms with van der Waals surface area (Å²) >= 11 is 1.63. The Balaban J connectivity index is 1.88. The summed E-state index contributed by atoms with van der Waals surface area (Å²) in [6.45, 7) is 0.404. The van der Waals surface area contributed by atoms with Gasteiger partial charge in [-0.2, -0.15) is 16.9 Å². The van der Waals surface area contributed by atoms with Crippen LogP contribution in [0.15, 0.2) is 0 Å². The fourth-order valence-electron chi connectivity index (χ4n) is 2.52. The molecule has 2 rings (SSSR count). The van der Waals surface area contributed by atoms with Crippen LogP contribution in [-0.2, 0) is 24.2 Å². The number of H-pyrrole nitrogens is 1. The highest BCUT2D eigenvalue weighted by Gasteiger charge is 2.18. The molecular formula is C14H23N3O2S. The lowest BCUT2D eigenvalue weighted by Gasteiger charge is -2.10. The van der Waals surface area contributed by atoms with Crippen LogP contribution in [0.2, 0.25) is 0 Å². The van der Waals surface area contributed by atoms with Gasteiger partial charge in [0.15, 0.2) is 0 Å². The molecule has 1 aliphatic carbocycles. The fourth-order valence-corrected chi connectivity index (χ4v) is 2.98. The minimum Gasteiger partial charge on any atom is -0.383 e. The third kappa shape index (κ3) is 3.99. The van der Waals surface area contributed by atoms with E-state index in [9.17, 15) is 9.90 Å². The van der Waals surface area contributed by atoms with Crippen molar-refractivity contribution in [3.63, 3.8) is 0 Å². The molecule has 0 spiro atoms. The molecule has 0 bridgehead atoms. The van der Waals surface area contributed by atoms with Crippen LogP contribution in [0.4, 0.5) is 0 Å². The van der Waals surface area contributed by atoms with E-state index < -0.39 is 6.10 Å². The summed E-state index contributed by atoms with van der Waals surface area (Å²) in [4.78, 5) is 11.8. The van der Waals surface area contributed by atoms with Gasteiger partial charge in [-0.15, -0.1) is 0 Å². The molecule has 0 saturated heterocycles. The second kappa shape index (κ2) is 7.69. The molecule has 0 unspecified atom stereocenters. The predicted octanol–water partition coefficient (Wildman–Crippen LogP) is 1.41. The largest absolute Gasteiger partial charge is 0.383 e. The molecule has 1 aromatic heterocycles. The number of fused-ring (bicyclic) bond motifs is 1. The topological polar surface area (TPSA) is 78.0 Å². The summed E-state index contributed by atoms with van der Waals surface area (Å²) in [7, 11) is 0. The number of amides is 1. The highest BCUT2D eigenvalue weighted by Crippen LogP contribution is 2.21. The zero-order valence-electron chi connectivity index (χ0n) is 11.9. The zero-order chi connectivity index (χ0) is 14.4. The van der Waals surface area contributed by atoms with E-state index in [0.29, 0.717) is 13.0 Å². The molecule has 0 radical (unpaired) electrons. The molecule has 1 amide bonds. The molecule has 0 aromatic carbocycles. The van der Waals surface area contributed by atoms with E-state index in [1.165, 1.54) is 30.5 Å². The number of rotatable bonds is 6. The molecule has 1 aromatic rings. The van der Waals surface area contributed by atoms with Crippen molar-refractivity contribution in [2.45, 2.75) is 51.2 Å². The minimum atomic E-state index is -0.917. The second-order valence-corrected chi connectivity index (χ2v) is 6.19. The van der Waals surface area contributed by atoms with E-state index in [0.717, 1.165) is 24.3 Å². The Bertz CT molecular complexity index is 448. The molecule has 5 nitrogen and oxygen atoms in total. The monoisotopic (exact) mass is 297 g/mol. The van der Waals surface area contributed by atoms with Crippen LogP contribution < -0.4 is 5.32 Å². The van der Waals surface area contributed by atoms with Gasteiger partial charge in [-0.3, -0.25) is 9.89 Å². The van der Waals surface area contributed by atoms with Crippen molar-refractivity contribution in [1.82, 2.24) is 15.5 Å². The van der Waals surface area contributed by atoms with Crippen LogP contribution in [0.5, 0.6) is 0 Å². The third-order valence-electron chi connectivity index (χ3n) is 3.72. The van der Waals surface area contributed by atoms with Gasteiger partial charge in [-0.05, 0) is 49.7 Å². The van der Waals surface area contributed by atoms with Crippen LogP contribution in [0.25, 0.3) is 0 Å². The molecule has 1 atom stereocenters. The van der Waals surface area contributed by atoms with Crippen molar-refractivity contribution in [3.8, 4) is 0 Å². The van der Waals surface area contributed by atoms with E-state index in [1.807, 2.05) is 6.26 Å². The average molecular weight is 297 g/mol. The number of aryl methyl sites for hydroxylation is 1. The van der Waals surface area contributed by atoms with E-state index in [-0.39, 0.29) is 5.91 Å². The summed E-state index contributed by atoms with van der Waals surface area (Å²) in [5.41, 5.74) is 3.41. The quantitative estimate of drug-likeness (QED) is 0.694. The maximum Gasteiger partial charge on any atom is 0.249 e. The number of aromatic amines is 1. The molecule has 6 heteroatoms. The van der Waals surface area contributed by atoms with Crippen LogP contribution >= 0.6 is 11.8 Å². The number of nitrogens with zero attached hydrogens (tertiary/aromatic N) is 1. The van der Waals surface area contributed by atoms with Gasteiger partial charge >= 0.3 is 0 Å². The van der Waals surface area contributed by atoms with Gasteiger partial charge in [0.1, 0.15) is 6.10 Å². The summed E-state index contributed by atoms with van der Waals surface area (Å²) in [5, 5.41) is 19.9. The Hall–Kier alpha value is -1.01. The lowest BCUT2D eigenvalue weighted by molar-refractivity contribution is -0.129. The first-order valence-corrected chi connectivity index (χ1v) is 8.61. The van der Waals surface area contributed by atoms with Crippen molar-refractivity contribution in [2.75, 3.05) is 12.0 Å². The lowest BCUT2D eigenvalue weighted by Crippen LogP contribution is -2.34. The van der Waals surface area contributed by atoms with E-state index >= 15 is 0 Å². The number of carbonyl (C=O) groups is 1. The van der Waals surface area contributed by atoms with Crippen LogP contribution in [-0.4, -0.2) is 39.3 Å². The van der Waals surface area contributed by atoms with Gasteiger partial charge in [-0.25, -0.2) is 0 Å². The van der Waals surface area contributed by atoms with E-state index in [4.69, 9.17) is 0 Å². The zero-order valence-corrected chi connectivity index (χ0v) is 12.8. The Morgan fingerprint density at radius 1 is 1.45 bits per heavy atom. The van der Waals surface area contributed by atoms with Gasteiger partial charge < -0.3 is 10.4 Å². The van der Waals surface area contributed by atoms with Crippen molar-refractivity contribution < 1.29 is 9.90 Å². The lowest BCUT2D eigenvalue weighted by atomic mass is 10.1. The van der Waals surface area contributed by atoms with Gasteiger partial charge in [0.25, 0.3) is 0 Å². The molecule has 1 heterocycles. The van der Waals surface area contributed by atoms with Crippen molar-refractivity contribution >= 4 is 17.7 Å². The fraction of sp³-hybridized carbons (Fsp3) is 0.714. The third-order valence-corrected chi connectivity index (χ3v) is 4.36. The maximum absolute atomic E-state index is 11.8. The highest BCUT2D eigenvalue weighted by atomic mass is 32.2. The number of aliphatic hydroxyl groups is 1. The molecule has 0 fully saturated rings. The van der Waals surface area contributed by atoms with Gasteiger partial charge in [0.05, 0.1) is 12.2 Å². The Morgan fingerprint density at radius 2 is 2.25 bits per heavy atom. The normalized spacial score (nSPS) is 16.3. The van der Waals surface area contributed by atoms with Gasteiger partial charge in [-0.1, -0.05) is 6.42 Å². The van der Waals surface area contributed by atoms with Crippen molar-refractivity contribution in [2.24, 2.45) is 0 Å². The van der Waals surface area contributed by atoms with Crippen LogP contribution in [0, 0.1) is 0 Å². The van der Waals surface area contributed by atoms with Crippen LogP contribution in [0.3, 0.4) is 0 Å². The first-order chi connectivity index (χ1) is 9.72. The summed E-state index contributed by atoms with van der Waals surface area (Å²) < 4.78 is 0. The van der Waals surface area contributed by atoms with Crippen LogP contribution in [0.1, 0.15) is 42.6 Å². The van der Waals surface area contributed by atoms with Gasteiger partial charge in [0.2, 0.25) is 5.91 Å².